The Morgan fingerprint density at radius 2 is 1.78 bits per heavy atom. The SMILES string of the molecule is CNCC(=Cc1cc(Cl)cc(Cl)c1N)B1OC(C)(C)C(C)(C)O1. The van der Waals surface area contributed by atoms with Gasteiger partial charge in [-0.25, -0.2) is 0 Å². The molecule has 126 valence electrons. The molecule has 4 nitrogen and oxygen atoms in total. The van der Waals surface area contributed by atoms with E-state index in [0.717, 1.165) is 11.0 Å². The molecule has 0 aromatic heterocycles. The van der Waals surface area contributed by atoms with Crippen molar-refractivity contribution in [2.75, 3.05) is 19.3 Å². The number of likely N-dealkylation sites (N-methyl/N-ethyl adjacent to an activating group) is 1. The predicted molar refractivity (Wildman–Crippen MR) is 98.9 cm³/mol. The smallest absolute Gasteiger partial charge is 0.400 e. The summed E-state index contributed by atoms with van der Waals surface area (Å²) in [4.78, 5) is 0. The number of nitrogens with one attached hydrogen (secondary N) is 1. The summed E-state index contributed by atoms with van der Waals surface area (Å²) in [6.07, 6.45) is 1.92. The van der Waals surface area contributed by atoms with Gasteiger partial charge in [-0.1, -0.05) is 29.3 Å². The van der Waals surface area contributed by atoms with Crippen LogP contribution in [-0.4, -0.2) is 31.9 Å². The van der Waals surface area contributed by atoms with Crippen molar-refractivity contribution in [1.82, 2.24) is 5.32 Å². The molecule has 23 heavy (non-hydrogen) atoms. The minimum Gasteiger partial charge on any atom is -0.400 e. The van der Waals surface area contributed by atoms with E-state index in [2.05, 4.69) is 5.32 Å². The van der Waals surface area contributed by atoms with Gasteiger partial charge in [-0.3, -0.25) is 0 Å². The maximum atomic E-state index is 6.11. The number of hydrogen-bond acceptors (Lipinski definition) is 4. The minimum absolute atomic E-state index is 0.401. The van der Waals surface area contributed by atoms with E-state index in [1.807, 2.05) is 40.8 Å². The first-order chi connectivity index (χ1) is 10.6. The van der Waals surface area contributed by atoms with Crippen LogP contribution in [-0.2, 0) is 9.31 Å². The third kappa shape index (κ3) is 3.86. The van der Waals surface area contributed by atoms with Gasteiger partial charge in [0.2, 0.25) is 0 Å². The van der Waals surface area contributed by atoms with Gasteiger partial charge in [-0.15, -0.1) is 0 Å². The Labute approximate surface area is 148 Å². The molecule has 0 bridgehead atoms. The highest BCUT2D eigenvalue weighted by Gasteiger charge is 2.52. The van der Waals surface area contributed by atoms with Crippen molar-refractivity contribution in [3.05, 3.63) is 33.2 Å². The molecule has 0 spiro atoms. The van der Waals surface area contributed by atoms with Crippen LogP contribution in [0.2, 0.25) is 10.0 Å². The molecule has 1 aromatic rings. The summed E-state index contributed by atoms with van der Waals surface area (Å²) in [5, 5.41) is 4.10. The van der Waals surface area contributed by atoms with Crippen LogP contribution in [0.15, 0.2) is 17.6 Å². The Kier molecular flexibility index (Phi) is 5.39. The number of anilines is 1. The summed E-state index contributed by atoms with van der Waals surface area (Å²) in [5.74, 6) is 0. The summed E-state index contributed by atoms with van der Waals surface area (Å²) < 4.78 is 12.2. The first-order valence-electron chi connectivity index (χ1n) is 7.52. The van der Waals surface area contributed by atoms with Gasteiger partial charge in [0.05, 0.1) is 21.9 Å². The number of nitrogen functional groups attached to an aromatic ring is 1. The second-order valence-electron chi connectivity index (χ2n) is 6.73. The van der Waals surface area contributed by atoms with Crippen LogP contribution in [0.3, 0.4) is 0 Å². The van der Waals surface area contributed by atoms with E-state index in [1.54, 1.807) is 12.1 Å². The number of benzene rings is 1. The largest absolute Gasteiger partial charge is 0.491 e. The fraction of sp³-hybridized carbons (Fsp3) is 0.500. The standard InChI is InChI=1S/C16H23BCl2N2O2/c1-15(2)16(3,4)23-17(22-15)11(9-21-5)6-10-7-12(18)8-13(19)14(10)20/h6-8,21H,9,20H2,1-5H3. The van der Waals surface area contributed by atoms with E-state index in [1.165, 1.54) is 0 Å². The van der Waals surface area contributed by atoms with E-state index >= 15 is 0 Å². The van der Waals surface area contributed by atoms with E-state index in [9.17, 15) is 0 Å². The van der Waals surface area contributed by atoms with Gasteiger partial charge in [0.1, 0.15) is 0 Å². The Balaban J connectivity index is 2.40. The van der Waals surface area contributed by atoms with Crippen LogP contribution < -0.4 is 11.1 Å². The average Bonchev–Trinajstić information content (AvgIpc) is 2.63. The van der Waals surface area contributed by atoms with Crippen molar-refractivity contribution in [3.63, 3.8) is 0 Å². The fourth-order valence-corrected chi connectivity index (χ4v) is 2.83. The summed E-state index contributed by atoms with van der Waals surface area (Å²) >= 11 is 12.2. The van der Waals surface area contributed by atoms with Crippen LogP contribution in [0.5, 0.6) is 0 Å². The van der Waals surface area contributed by atoms with E-state index < -0.39 is 18.3 Å². The molecular formula is C16H23BCl2N2O2. The molecule has 0 radical (unpaired) electrons. The van der Waals surface area contributed by atoms with E-state index in [-0.39, 0.29) is 0 Å². The second kappa shape index (κ2) is 6.65. The monoisotopic (exact) mass is 356 g/mol. The van der Waals surface area contributed by atoms with E-state index in [0.29, 0.717) is 22.3 Å². The molecule has 0 atom stereocenters. The molecule has 0 saturated carbocycles. The summed E-state index contributed by atoms with van der Waals surface area (Å²) in [6.45, 7) is 8.69. The van der Waals surface area contributed by atoms with Gasteiger partial charge in [0.25, 0.3) is 0 Å². The molecule has 0 unspecified atom stereocenters. The zero-order chi connectivity index (χ0) is 17.4. The molecule has 7 heteroatoms. The molecule has 1 aliphatic rings. The number of nitrogens with two attached hydrogens (primary N) is 1. The fourth-order valence-electron chi connectivity index (χ4n) is 2.32. The first kappa shape index (κ1) is 18.6. The van der Waals surface area contributed by atoms with Gasteiger partial charge >= 0.3 is 7.12 Å². The molecule has 1 heterocycles. The lowest BCUT2D eigenvalue weighted by atomic mass is 9.77. The van der Waals surface area contributed by atoms with Crippen LogP contribution in [0.4, 0.5) is 5.69 Å². The summed E-state index contributed by atoms with van der Waals surface area (Å²) in [7, 11) is 1.41. The molecule has 3 N–H and O–H groups in total. The molecule has 0 amide bonds. The third-order valence-corrected chi connectivity index (χ3v) is 4.94. The van der Waals surface area contributed by atoms with Gasteiger partial charge < -0.3 is 20.4 Å². The van der Waals surface area contributed by atoms with Crippen molar-refractivity contribution < 1.29 is 9.31 Å². The quantitative estimate of drug-likeness (QED) is 0.636. The van der Waals surface area contributed by atoms with Gasteiger partial charge in [0, 0.05) is 11.6 Å². The van der Waals surface area contributed by atoms with Crippen LogP contribution >= 0.6 is 23.2 Å². The van der Waals surface area contributed by atoms with Crippen molar-refractivity contribution in [1.29, 1.82) is 0 Å². The van der Waals surface area contributed by atoms with Crippen LogP contribution in [0.1, 0.15) is 33.3 Å². The minimum atomic E-state index is -0.454. The molecular weight excluding hydrogens is 334 g/mol. The first-order valence-corrected chi connectivity index (χ1v) is 8.28. The maximum absolute atomic E-state index is 6.11. The van der Waals surface area contributed by atoms with Crippen molar-refractivity contribution in [2.24, 2.45) is 0 Å². The molecule has 1 aromatic carbocycles. The molecule has 2 rings (SSSR count). The number of hydrogen-bond donors (Lipinski definition) is 2. The van der Waals surface area contributed by atoms with Crippen LogP contribution in [0, 0.1) is 0 Å². The van der Waals surface area contributed by atoms with Gasteiger partial charge in [-0.05, 0) is 57.9 Å². The highest BCUT2D eigenvalue weighted by molar-refractivity contribution is 6.56. The maximum Gasteiger partial charge on any atom is 0.491 e. The summed E-state index contributed by atoms with van der Waals surface area (Å²) in [5.41, 5.74) is 7.43. The topological polar surface area (TPSA) is 56.5 Å². The van der Waals surface area contributed by atoms with Crippen molar-refractivity contribution in [2.45, 2.75) is 38.9 Å². The Hall–Kier alpha value is -0.715. The average molecular weight is 357 g/mol. The van der Waals surface area contributed by atoms with Crippen molar-refractivity contribution >= 4 is 42.1 Å². The predicted octanol–water partition coefficient (Wildman–Crippen LogP) is 3.81. The zero-order valence-corrected chi connectivity index (χ0v) is 15.7. The number of halogens is 2. The van der Waals surface area contributed by atoms with Gasteiger partial charge in [0.15, 0.2) is 0 Å². The highest BCUT2D eigenvalue weighted by atomic mass is 35.5. The molecule has 1 fully saturated rings. The van der Waals surface area contributed by atoms with E-state index in [4.69, 9.17) is 38.2 Å². The Morgan fingerprint density at radius 3 is 2.30 bits per heavy atom. The second-order valence-corrected chi connectivity index (χ2v) is 7.57. The van der Waals surface area contributed by atoms with Crippen molar-refractivity contribution in [3.8, 4) is 0 Å². The molecule has 1 saturated heterocycles. The van der Waals surface area contributed by atoms with Crippen LogP contribution in [0.25, 0.3) is 6.08 Å². The lowest BCUT2D eigenvalue weighted by Crippen LogP contribution is -2.41. The lowest BCUT2D eigenvalue weighted by Gasteiger charge is -2.32. The van der Waals surface area contributed by atoms with Gasteiger partial charge in [-0.2, -0.15) is 0 Å². The molecule has 1 aliphatic heterocycles. The zero-order valence-electron chi connectivity index (χ0n) is 14.2. The Morgan fingerprint density at radius 1 is 1.22 bits per heavy atom. The lowest BCUT2D eigenvalue weighted by molar-refractivity contribution is 0.00578. The Bertz CT molecular complexity index is 617. The molecule has 0 aliphatic carbocycles. The normalized spacial score (nSPS) is 20.1. The summed E-state index contributed by atoms with van der Waals surface area (Å²) in [6, 6.07) is 3.41. The number of rotatable bonds is 4. The third-order valence-electron chi connectivity index (χ3n) is 4.40. The highest BCUT2D eigenvalue weighted by Crippen LogP contribution is 2.39.